The van der Waals surface area contributed by atoms with Gasteiger partial charge in [-0.15, -0.1) is 0 Å². The van der Waals surface area contributed by atoms with E-state index < -0.39 is 40.9 Å². The summed E-state index contributed by atoms with van der Waals surface area (Å²) < 4.78 is 51.3. The van der Waals surface area contributed by atoms with Gasteiger partial charge in [0.15, 0.2) is 0 Å². The SMILES string of the molecule is O=C(O)[C@@H]1CCN(C(=O)c2cc(C(F)(F)F)ccc2F)C1. The number of benzene rings is 1. The molecule has 1 aromatic carbocycles. The van der Waals surface area contributed by atoms with Gasteiger partial charge in [-0.3, -0.25) is 9.59 Å². The quantitative estimate of drug-likeness (QED) is 0.854. The second-order valence-electron chi connectivity index (χ2n) is 4.77. The lowest BCUT2D eigenvalue weighted by atomic mass is 10.1. The third kappa shape index (κ3) is 3.14. The maximum atomic E-state index is 13.6. The third-order valence-corrected chi connectivity index (χ3v) is 3.35. The normalized spacial score (nSPS) is 18.9. The molecule has 1 saturated heterocycles. The molecule has 0 aliphatic carbocycles. The summed E-state index contributed by atoms with van der Waals surface area (Å²) in [6.45, 7) is -0.0602. The molecule has 0 aromatic heterocycles. The predicted molar refractivity (Wildman–Crippen MR) is 63.0 cm³/mol. The van der Waals surface area contributed by atoms with Crippen LogP contribution in [0, 0.1) is 11.7 Å². The Morgan fingerprint density at radius 3 is 2.48 bits per heavy atom. The van der Waals surface area contributed by atoms with Crippen molar-refractivity contribution >= 4 is 11.9 Å². The molecule has 114 valence electrons. The van der Waals surface area contributed by atoms with Crippen LogP contribution >= 0.6 is 0 Å². The maximum absolute atomic E-state index is 13.6. The number of carbonyl (C=O) groups excluding carboxylic acids is 1. The summed E-state index contributed by atoms with van der Waals surface area (Å²) >= 11 is 0. The van der Waals surface area contributed by atoms with Crippen molar-refractivity contribution in [3.63, 3.8) is 0 Å². The topological polar surface area (TPSA) is 57.6 Å². The van der Waals surface area contributed by atoms with Crippen LogP contribution in [-0.2, 0) is 11.0 Å². The summed E-state index contributed by atoms with van der Waals surface area (Å²) in [7, 11) is 0. The number of aliphatic carboxylic acids is 1. The van der Waals surface area contributed by atoms with Crippen molar-refractivity contribution in [1.82, 2.24) is 4.90 Å². The van der Waals surface area contributed by atoms with Crippen LogP contribution in [-0.4, -0.2) is 35.0 Å². The molecule has 21 heavy (non-hydrogen) atoms. The number of alkyl halides is 3. The highest BCUT2D eigenvalue weighted by atomic mass is 19.4. The summed E-state index contributed by atoms with van der Waals surface area (Å²) in [5, 5.41) is 8.83. The molecule has 0 bridgehead atoms. The van der Waals surface area contributed by atoms with Crippen molar-refractivity contribution in [1.29, 1.82) is 0 Å². The van der Waals surface area contributed by atoms with Crippen molar-refractivity contribution in [2.24, 2.45) is 5.92 Å². The van der Waals surface area contributed by atoms with E-state index >= 15 is 0 Å². The van der Waals surface area contributed by atoms with Crippen LogP contribution in [0.1, 0.15) is 22.3 Å². The van der Waals surface area contributed by atoms with Crippen LogP contribution in [0.25, 0.3) is 0 Å². The predicted octanol–water partition coefficient (Wildman–Crippen LogP) is 2.39. The molecule has 0 spiro atoms. The lowest BCUT2D eigenvalue weighted by Crippen LogP contribution is -2.30. The Hall–Kier alpha value is -2.12. The molecule has 0 radical (unpaired) electrons. The number of halogens is 4. The number of amides is 1. The second-order valence-corrected chi connectivity index (χ2v) is 4.77. The van der Waals surface area contributed by atoms with E-state index in [1.54, 1.807) is 0 Å². The summed E-state index contributed by atoms with van der Waals surface area (Å²) in [5.41, 5.74) is -1.82. The van der Waals surface area contributed by atoms with Crippen molar-refractivity contribution < 1.29 is 32.3 Å². The minimum atomic E-state index is -4.68. The molecule has 1 aliphatic heterocycles. The Morgan fingerprint density at radius 1 is 1.29 bits per heavy atom. The Morgan fingerprint density at radius 2 is 1.95 bits per heavy atom. The van der Waals surface area contributed by atoms with E-state index in [1.165, 1.54) is 0 Å². The summed E-state index contributed by atoms with van der Waals surface area (Å²) in [6, 6.07) is 1.59. The lowest BCUT2D eigenvalue weighted by molar-refractivity contribution is -0.141. The highest BCUT2D eigenvalue weighted by Gasteiger charge is 2.35. The van der Waals surface area contributed by atoms with Crippen LogP contribution < -0.4 is 0 Å². The fraction of sp³-hybridized carbons (Fsp3) is 0.385. The lowest BCUT2D eigenvalue weighted by Gasteiger charge is -2.17. The van der Waals surface area contributed by atoms with Gasteiger partial charge >= 0.3 is 12.1 Å². The van der Waals surface area contributed by atoms with Gasteiger partial charge in [-0.2, -0.15) is 13.2 Å². The molecule has 1 aliphatic rings. The zero-order chi connectivity index (χ0) is 15.8. The van der Waals surface area contributed by atoms with Crippen molar-refractivity contribution in [2.75, 3.05) is 13.1 Å². The molecule has 1 fully saturated rings. The molecule has 0 saturated carbocycles. The maximum Gasteiger partial charge on any atom is 0.416 e. The highest BCUT2D eigenvalue weighted by Crippen LogP contribution is 2.31. The minimum Gasteiger partial charge on any atom is -0.481 e. The van der Waals surface area contributed by atoms with Gasteiger partial charge in [0.1, 0.15) is 5.82 Å². The highest BCUT2D eigenvalue weighted by molar-refractivity contribution is 5.95. The molecular weight excluding hydrogens is 294 g/mol. The van der Waals surface area contributed by atoms with E-state index in [1.807, 2.05) is 0 Å². The monoisotopic (exact) mass is 305 g/mol. The minimum absolute atomic E-state index is 0.0749. The number of nitrogens with zero attached hydrogens (tertiary/aromatic N) is 1. The zero-order valence-corrected chi connectivity index (χ0v) is 10.7. The molecule has 8 heteroatoms. The molecule has 1 aromatic rings. The molecule has 1 amide bonds. The van der Waals surface area contributed by atoms with Gasteiger partial charge in [0.25, 0.3) is 5.91 Å². The van der Waals surface area contributed by atoms with Crippen molar-refractivity contribution in [2.45, 2.75) is 12.6 Å². The van der Waals surface area contributed by atoms with Gasteiger partial charge in [0.05, 0.1) is 17.0 Å². The smallest absolute Gasteiger partial charge is 0.416 e. The van der Waals surface area contributed by atoms with Crippen molar-refractivity contribution in [3.8, 4) is 0 Å². The third-order valence-electron chi connectivity index (χ3n) is 3.35. The standard InChI is InChI=1S/C13H11F4NO3/c14-10-2-1-8(13(15,16)17)5-9(10)11(19)18-4-3-7(6-18)12(20)21/h1-2,5,7H,3-4,6H2,(H,20,21)/t7-/m1/s1. The van der Waals surface area contributed by atoms with Gasteiger partial charge < -0.3 is 10.0 Å². The Kier molecular flexibility index (Phi) is 3.89. The molecule has 1 heterocycles. The van der Waals surface area contributed by atoms with E-state index in [4.69, 9.17) is 5.11 Å². The Bertz CT molecular complexity index is 585. The fourth-order valence-corrected chi connectivity index (χ4v) is 2.18. The molecule has 1 N–H and O–H groups in total. The van der Waals surface area contributed by atoms with Crippen LogP contribution in [0.5, 0.6) is 0 Å². The first-order valence-corrected chi connectivity index (χ1v) is 6.09. The number of hydrogen-bond acceptors (Lipinski definition) is 2. The molecule has 0 unspecified atom stereocenters. The number of likely N-dealkylation sites (tertiary alicyclic amines) is 1. The van der Waals surface area contributed by atoms with Crippen molar-refractivity contribution in [3.05, 3.63) is 35.1 Å². The van der Waals surface area contributed by atoms with Gasteiger partial charge in [0, 0.05) is 13.1 Å². The van der Waals surface area contributed by atoms with Crippen LogP contribution in [0.2, 0.25) is 0 Å². The summed E-state index contributed by atoms with van der Waals surface area (Å²) in [6.07, 6.45) is -4.49. The van der Waals surface area contributed by atoms with Crippen LogP contribution in [0.3, 0.4) is 0 Å². The zero-order valence-electron chi connectivity index (χ0n) is 10.7. The van der Waals surface area contributed by atoms with E-state index in [0.29, 0.717) is 18.2 Å². The van der Waals surface area contributed by atoms with E-state index in [9.17, 15) is 27.2 Å². The molecular formula is C13H11F4NO3. The average molecular weight is 305 g/mol. The Labute approximate surface area is 117 Å². The number of carboxylic acids is 1. The largest absolute Gasteiger partial charge is 0.481 e. The van der Waals surface area contributed by atoms with E-state index in [2.05, 4.69) is 0 Å². The summed E-state index contributed by atoms with van der Waals surface area (Å²) in [4.78, 5) is 23.9. The second kappa shape index (κ2) is 5.34. The van der Waals surface area contributed by atoms with E-state index in [0.717, 1.165) is 4.90 Å². The van der Waals surface area contributed by atoms with E-state index in [-0.39, 0.29) is 19.5 Å². The Balaban J connectivity index is 2.26. The summed E-state index contributed by atoms with van der Waals surface area (Å²) in [5.74, 6) is -3.85. The molecule has 4 nitrogen and oxygen atoms in total. The first-order chi connectivity index (χ1) is 9.70. The molecule has 2 rings (SSSR count). The number of rotatable bonds is 2. The van der Waals surface area contributed by atoms with Gasteiger partial charge in [-0.1, -0.05) is 0 Å². The number of hydrogen-bond donors (Lipinski definition) is 1. The number of carbonyl (C=O) groups is 2. The number of carboxylic acid groups (broad SMARTS) is 1. The fourth-order valence-electron chi connectivity index (χ4n) is 2.18. The van der Waals surface area contributed by atoms with Gasteiger partial charge in [-0.05, 0) is 24.6 Å². The van der Waals surface area contributed by atoms with Gasteiger partial charge in [0.2, 0.25) is 0 Å². The van der Waals surface area contributed by atoms with Gasteiger partial charge in [-0.25, -0.2) is 4.39 Å². The first-order valence-electron chi connectivity index (χ1n) is 6.09. The van der Waals surface area contributed by atoms with Crippen LogP contribution in [0.15, 0.2) is 18.2 Å². The molecule has 1 atom stereocenters. The van der Waals surface area contributed by atoms with Crippen LogP contribution in [0.4, 0.5) is 17.6 Å². The first kappa shape index (κ1) is 15.3. The average Bonchev–Trinajstić information content (AvgIpc) is 2.86.